The van der Waals surface area contributed by atoms with Crippen LogP contribution < -0.4 is 14.8 Å². The van der Waals surface area contributed by atoms with Crippen LogP contribution in [0.25, 0.3) is 0 Å². The number of halogens is 3. The van der Waals surface area contributed by atoms with Crippen molar-refractivity contribution < 1.29 is 23.0 Å². The molecular formula is C16H14ClF2NO3. The van der Waals surface area contributed by atoms with E-state index in [0.717, 1.165) is 5.56 Å². The van der Waals surface area contributed by atoms with Gasteiger partial charge >= 0.3 is 6.61 Å². The molecule has 0 fully saturated rings. The highest BCUT2D eigenvalue weighted by Crippen LogP contribution is 2.29. The van der Waals surface area contributed by atoms with E-state index in [1.807, 2.05) is 0 Å². The summed E-state index contributed by atoms with van der Waals surface area (Å²) in [5.74, 6) is 0.246. The molecule has 0 heterocycles. The van der Waals surface area contributed by atoms with Gasteiger partial charge in [-0.25, -0.2) is 0 Å². The van der Waals surface area contributed by atoms with E-state index in [2.05, 4.69) is 10.1 Å². The van der Waals surface area contributed by atoms with Crippen molar-refractivity contribution in [2.24, 2.45) is 0 Å². The smallest absolute Gasteiger partial charge is 0.387 e. The first-order valence-electron chi connectivity index (χ1n) is 6.65. The van der Waals surface area contributed by atoms with E-state index in [0.29, 0.717) is 11.4 Å². The molecular weight excluding hydrogens is 328 g/mol. The fraction of sp³-hybridized carbons (Fsp3) is 0.188. The monoisotopic (exact) mass is 341 g/mol. The molecule has 2 rings (SSSR count). The van der Waals surface area contributed by atoms with Gasteiger partial charge < -0.3 is 14.8 Å². The third kappa shape index (κ3) is 5.10. The second kappa shape index (κ2) is 7.78. The van der Waals surface area contributed by atoms with Crippen molar-refractivity contribution in [2.45, 2.75) is 13.0 Å². The fourth-order valence-electron chi connectivity index (χ4n) is 1.94. The molecule has 0 saturated carbocycles. The van der Waals surface area contributed by atoms with Gasteiger partial charge in [0.1, 0.15) is 11.5 Å². The lowest BCUT2D eigenvalue weighted by molar-refractivity contribution is -0.115. The zero-order valence-electron chi connectivity index (χ0n) is 12.2. The number of carbonyl (C=O) groups is 1. The third-order valence-electron chi connectivity index (χ3n) is 2.93. The zero-order valence-corrected chi connectivity index (χ0v) is 12.9. The standard InChI is InChI=1S/C16H14ClF2NO3/c1-22-12-4-2-3-10(7-12)8-15(21)20-11-5-6-14(13(17)9-11)23-16(18)19/h2-7,9,16H,8H2,1H3,(H,20,21). The van der Waals surface area contributed by atoms with Gasteiger partial charge in [-0.2, -0.15) is 8.78 Å². The minimum absolute atomic E-state index is 0.00974. The molecule has 1 N–H and O–H groups in total. The van der Waals surface area contributed by atoms with E-state index >= 15 is 0 Å². The summed E-state index contributed by atoms with van der Waals surface area (Å²) in [5, 5.41) is 2.63. The summed E-state index contributed by atoms with van der Waals surface area (Å²) in [6.45, 7) is -2.96. The van der Waals surface area contributed by atoms with Crippen molar-refractivity contribution in [3.8, 4) is 11.5 Å². The van der Waals surface area contributed by atoms with Crippen LogP contribution in [0.15, 0.2) is 42.5 Å². The number of nitrogens with one attached hydrogen (secondary N) is 1. The van der Waals surface area contributed by atoms with Crippen molar-refractivity contribution in [1.82, 2.24) is 0 Å². The van der Waals surface area contributed by atoms with Gasteiger partial charge in [-0.05, 0) is 35.9 Å². The summed E-state index contributed by atoms with van der Waals surface area (Å²) in [5.41, 5.74) is 1.18. The van der Waals surface area contributed by atoms with E-state index in [9.17, 15) is 13.6 Å². The highest BCUT2D eigenvalue weighted by molar-refractivity contribution is 6.32. The minimum atomic E-state index is -2.96. The van der Waals surface area contributed by atoms with E-state index < -0.39 is 6.61 Å². The Balaban J connectivity index is 2.01. The van der Waals surface area contributed by atoms with Gasteiger partial charge in [0.25, 0.3) is 0 Å². The number of methoxy groups -OCH3 is 1. The Bertz CT molecular complexity index is 695. The lowest BCUT2D eigenvalue weighted by Gasteiger charge is -2.10. The van der Waals surface area contributed by atoms with Gasteiger partial charge in [0.2, 0.25) is 5.91 Å². The Labute approximate surface area is 137 Å². The average molecular weight is 342 g/mol. The Morgan fingerprint density at radius 3 is 2.70 bits per heavy atom. The van der Waals surface area contributed by atoms with Crippen molar-refractivity contribution in [2.75, 3.05) is 12.4 Å². The maximum Gasteiger partial charge on any atom is 0.387 e. The summed E-state index contributed by atoms with van der Waals surface area (Å²) in [4.78, 5) is 12.0. The number of ether oxygens (including phenoxy) is 2. The molecule has 0 saturated heterocycles. The molecule has 0 radical (unpaired) electrons. The van der Waals surface area contributed by atoms with Crippen molar-refractivity contribution >= 4 is 23.2 Å². The highest BCUT2D eigenvalue weighted by Gasteiger charge is 2.11. The van der Waals surface area contributed by atoms with Crippen LogP contribution in [-0.2, 0) is 11.2 Å². The summed E-state index contributed by atoms with van der Waals surface area (Å²) < 4.78 is 33.6. The largest absolute Gasteiger partial charge is 0.497 e. The fourth-order valence-corrected chi connectivity index (χ4v) is 2.17. The molecule has 7 heteroatoms. The summed E-state index contributed by atoms with van der Waals surface area (Å²) in [6.07, 6.45) is 0.143. The van der Waals surface area contributed by atoms with Gasteiger partial charge in [0.15, 0.2) is 0 Å². The third-order valence-corrected chi connectivity index (χ3v) is 3.23. The van der Waals surface area contributed by atoms with Crippen LogP contribution in [-0.4, -0.2) is 19.6 Å². The van der Waals surface area contributed by atoms with Crippen LogP contribution in [0.4, 0.5) is 14.5 Å². The molecule has 1 amide bonds. The quantitative estimate of drug-likeness (QED) is 0.859. The molecule has 0 unspecified atom stereocenters. The van der Waals surface area contributed by atoms with Crippen LogP contribution in [0.1, 0.15) is 5.56 Å². The van der Waals surface area contributed by atoms with E-state index in [-0.39, 0.29) is 23.1 Å². The van der Waals surface area contributed by atoms with E-state index in [4.69, 9.17) is 16.3 Å². The molecule has 0 spiro atoms. The number of hydrogen-bond donors (Lipinski definition) is 1. The second-order valence-electron chi connectivity index (χ2n) is 4.60. The number of carbonyl (C=O) groups excluding carboxylic acids is 1. The average Bonchev–Trinajstić information content (AvgIpc) is 2.49. The first-order valence-corrected chi connectivity index (χ1v) is 7.03. The maximum absolute atomic E-state index is 12.2. The number of alkyl halides is 2. The Morgan fingerprint density at radius 2 is 2.04 bits per heavy atom. The molecule has 2 aromatic carbocycles. The zero-order chi connectivity index (χ0) is 16.8. The Hall–Kier alpha value is -2.34. The predicted octanol–water partition coefficient (Wildman–Crippen LogP) is 4.13. The van der Waals surface area contributed by atoms with Crippen LogP contribution in [0.5, 0.6) is 11.5 Å². The molecule has 0 aliphatic rings. The number of amides is 1. The van der Waals surface area contributed by atoms with Gasteiger partial charge in [0.05, 0.1) is 18.6 Å². The lowest BCUT2D eigenvalue weighted by atomic mass is 10.1. The first-order chi connectivity index (χ1) is 11.0. The van der Waals surface area contributed by atoms with Gasteiger partial charge in [-0.1, -0.05) is 23.7 Å². The Kier molecular flexibility index (Phi) is 5.76. The summed E-state index contributed by atoms with van der Waals surface area (Å²) in [7, 11) is 1.55. The molecule has 0 aliphatic heterocycles. The van der Waals surface area contributed by atoms with E-state index in [1.165, 1.54) is 18.2 Å². The summed E-state index contributed by atoms with van der Waals surface area (Å²) in [6, 6.07) is 11.2. The highest BCUT2D eigenvalue weighted by atomic mass is 35.5. The van der Waals surface area contributed by atoms with Crippen LogP contribution in [0.2, 0.25) is 5.02 Å². The van der Waals surface area contributed by atoms with Gasteiger partial charge in [-0.3, -0.25) is 4.79 Å². The van der Waals surface area contributed by atoms with Crippen LogP contribution in [0.3, 0.4) is 0 Å². The van der Waals surface area contributed by atoms with Crippen LogP contribution >= 0.6 is 11.6 Å². The second-order valence-corrected chi connectivity index (χ2v) is 5.01. The number of benzene rings is 2. The molecule has 0 bridgehead atoms. The maximum atomic E-state index is 12.2. The molecule has 0 atom stereocenters. The first kappa shape index (κ1) is 17.0. The number of anilines is 1. The molecule has 0 aliphatic carbocycles. The normalized spacial score (nSPS) is 10.5. The van der Waals surface area contributed by atoms with Gasteiger partial charge in [-0.15, -0.1) is 0 Å². The molecule has 122 valence electrons. The SMILES string of the molecule is COc1cccc(CC(=O)Nc2ccc(OC(F)F)c(Cl)c2)c1. The predicted molar refractivity (Wildman–Crippen MR) is 83.4 cm³/mol. The van der Waals surface area contributed by atoms with E-state index in [1.54, 1.807) is 31.4 Å². The van der Waals surface area contributed by atoms with Crippen molar-refractivity contribution in [3.63, 3.8) is 0 Å². The minimum Gasteiger partial charge on any atom is -0.497 e. The molecule has 4 nitrogen and oxygen atoms in total. The molecule has 0 aromatic heterocycles. The number of hydrogen-bond acceptors (Lipinski definition) is 3. The molecule has 2 aromatic rings. The van der Waals surface area contributed by atoms with Crippen molar-refractivity contribution in [1.29, 1.82) is 0 Å². The summed E-state index contributed by atoms with van der Waals surface area (Å²) >= 11 is 5.83. The Morgan fingerprint density at radius 1 is 1.26 bits per heavy atom. The topological polar surface area (TPSA) is 47.6 Å². The van der Waals surface area contributed by atoms with Gasteiger partial charge in [0, 0.05) is 5.69 Å². The van der Waals surface area contributed by atoms with Crippen LogP contribution in [0, 0.1) is 0 Å². The number of rotatable bonds is 6. The molecule has 23 heavy (non-hydrogen) atoms. The lowest BCUT2D eigenvalue weighted by Crippen LogP contribution is -2.14. The van der Waals surface area contributed by atoms with Crippen molar-refractivity contribution in [3.05, 3.63) is 53.1 Å².